The minimum Gasteiger partial charge on any atom is -0.508 e. The third-order valence-electron chi connectivity index (χ3n) is 2.94. The minimum atomic E-state index is -4.26. The van der Waals surface area contributed by atoms with Crippen LogP contribution in [-0.4, -0.2) is 20.6 Å². The summed E-state index contributed by atoms with van der Waals surface area (Å²) in [5, 5.41) is 10.4. The van der Waals surface area contributed by atoms with Crippen molar-refractivity contribution in [2.24, 2.45) is 0 Å². The molecule has 0 aliphatic rings. The van der Waals surface area contributed by atoms with Gasteiger partial charge < -0.3 is 19.3 Å². The quantitative estimate of drug-likeness (QED) is 0.583. The van der Waals surface area contributed by atoms with Gasteiger partial charge in [0, 0.05) is 17.0 Å². The summed E-state index contributed by atoms with van der Waals surface area (Å²) in [6, 6.07) is 5.76. The van der Waals surface area contributed by atoms with Gasteiger partial charge in [-0.05, 0) is 24.6 Å². The Morgan fingerprint density at radius 3 is 2.53 bits per heavy atom. The van der Waals surface area contributed by atoms with Crippen molar-refractivity contribution >= 4 is 18.6 Å². The summed E-state index contributed by atoms with van der Waals surface area (Å²) in [4.78, 5) is 29.4. The normalized spacial score (nSPS) is 13.6. The fourth-order valence-electron chi connectivity index (χ4n) is 1.79. The van der Waals surface area contributed by atoms with Gasteiger partial charge in [0.05, 0.1) is 5.66 Å². The largest absolute Gasteiger partial charge is 0.508 e. The van der Waals surface area contributed by atoms with Gasteiger partial charge in [0.15, 0.2) is 0 Å². The van der Waals surface area contributed by atoms with E-state index in [4.69, 9.17) is 14.2 Å². The van der Waals surface area contributed by atoms with Gasteiger partial charge in [-0.25, -0.2) is 4.79 Å². The van der Waals surface area contributed by atoms with E-state index in [0.29, 0.717) is 5.39 Å². The van der Waals surface area contributed by atoms with Crippen molar-refractivity contribution in [3.8, 4) is 5.75 Å². The Morgan fingerprint density at radius 2 is 1.89 bits per heavy atom. The number of aromatic hydroxyl groups is 1. The molecule has 1 aromatic heterocycles. The highest BCUT2D eigenvalue weighted by Crippen LogP contribution is 2.44. The van der Waals surface area contributed by atoms with Gasteiger partial charge >= 0.3 is 13.2 Å². The Labute approximate surface area is 108 Å². The van der Waals surface area contributed by atoms with Crippen LogP contribution in [0.25, 0.3) is 11.0 Å². The van der Waals surface area contributed by atoms with Crippen LogP contribution in [0.15, 0.2) is 33.5 Å². The molecule has 0 saturated carbocycles. The van der Waals surface area contributed by atoms with E-state index < -0.39 is 18.9 Å². The molecule has 0 bridgehead atoms. The summed E-state index contributed by atoms with van der Waals surface area (Å²) in [5.74, 6) is -0.151. The lowest BCUT2D eigenvalue weighted by atomic mass is 10.1. The molecule has 0 aliphatic heterocycles. The second-order valence-corrected chi connectivity index (χ2v) is 6.44. The first-order chi connectivity index (χ1) is 8.79. The lowest BCUT2D eigenvalue weighted by Gasteiger charge is -2.14. The molecule has 0 spiro atoms. The van der Waals surface area contributed by atoms with Crippen LogP contribution in [-0.2, 0) is 11.0 Å². The van der Waals surface area contributed by atoms with Gasteiger partial charge in [-0.1, -0.05) is 6.92 Å². The maximum absolute atomic E-state index is 11.2. The molecule has 19 heavy (non-hydrogen) atoms. The molecule has 0 amide bonds. The summed E-state index contributed by atoms with van der Waals surface area (Å²) >= 11 is 0. The van der Waals surface area contributed by atoms with Crippen LogP contribution in [0.2, 0.25) is 0 Å². The first kappa shape index (κ1) is 13.8. The predicted octanol–water partition coefficient (Wildman–Crippen LogP) is 1.61. The number of phenols is 1. The molecule has 0 aliphatic carbocycles. The molecule has 1 aromatic carbocycles. The lowest BCUT2D eigenvalue weighted by molar-refractivity contribution is 0.359. The maximum atomic E-state index is 11.2. The number of hydrogen-bond acceptors (Lipinski definition) is 4. The Bertz CT molecular complexity index is 714. The molecular weight excluding hydrogens is 271 g/mol. The van der Waals surface area contributed by atoms with Crippen molar-refractivity contribution in [3.05, 3.63) is 40.2 Å². The van der Waals surface area contributed by atoms with E-state index in [1.54, 1.807) is 6.07 Å². The standard InChI is InChI=1S/C12H13O6P/c1-7(19(15,16)17)6-9-10(13)4-2-8-3-5-11(14)18-12(8)9/h2-5,7,13H,6H2,1H3,(H2,15,16,17). The van der Waals surface area contributed by atoms with Crippen LogP contribution >= 0.6 is 7.60 Å². The van der Waals surface area contributed by atoms with Crippen LogP contribution < -0.4 is 5.63 Å². The van der Waals surface area contributed by atoms with Crippen molar-refractivity contribution < 1.29 is 23.9 Å². The smallest absolute Gasteiger partial charge is 0.336 e. The number of benzene rings is 1. The first-order valence-electron chi connectivity index (χ1n) is 5.59. The van der Waals surface area contributed by atoms with Crippen LogP contribution in [0.4, 0.5) is 0 Å². The van der Waals surface area contributed by atoms with Gasteiger partial charge in [0.25, 0.3) is 0 Å². The lowest BCUT2D eigenvalue weighted by Crippen LogP contribution is -2.08. The highest BCUT2D eigenvalue weighted by atomic mass is 31.2. The topological polar surface area (TPSA) is 108 Å². The average Bonchev–Trinajstić information content (AvgIpc) is 2.31. The van der Waals surface area contributed by atoms with Gasteiger partial charge in [0.2, 0.25) is 0 Å². The van der Waals surface area contributed by atoms with E-state index in [9.17, 15) is 14.5 Å². The fourth-order valence-corrected chi connectivity index (χ4v) is 2.21. The van der Waals surface area contributed by atoms with Crippen molar-refractivity contribution in [3.63, 3.8) is 0 Å². The van der Waals surface area contributed by atoms with E-state index in [1.165, 1.54) is 25.1 Å². The minimum absolute atomic E-state index is 0.0829. The third kappa shape index (κ3) is 2.87. The second kappa shape index (κ2) is 4.81. The van der Waals surface area contributed by atoms with Gasteiger partial charge in [-0.15, -0.1) is 0 Å². The van der Waals surface area contributed by atoms with Gasteiger partial charge in [0.1, 0.15) is 11.3 Å². The molecule has 0 radical (unpaired) electrons. The maximum Gasteiger partial charge on any atom is 0.336 e. The molecule has 1 unspecified atom stereocenters. The van der Waals surface area contributed by atoms with Crippen molar-refractivity contribution in [2.45, 2.75) is 19.0 Å². The zero-order valence-electron chi connectivity index (χ0n) is 10.1. The fraction of sp³-hybridized carbons (Fsp3) is 0.250. The molecule has 0 fully saturated rings. The molecular formula is C12H13O6P. The first-order valence-corrected chi connectivity index (χ1v) is 7.27. The van der Waals surface area contributed by atoms with E-state index in [1.807, 2.05) is 0 Å². The summed E-state index contributed by atoms with van der Waals surface area (Å²) in [6.07, 6.45) is -0.0829. The summed E-state index contributed by atoms with van der Waals surface area (Å²) in [5.41, 5.74) is -1.17. The highest BCUT2D eigenvalue weighted by molar-refractivity contribution is 7.52. The van der Waals surface area contributed by atoms with Gasteiger partial charge in [-0.2, -0.15) is 0 Å². The van der Waals surface area contributed by atoms with Crippen molar-refractivity contribution in [1.82, 2.24) is 0 Å². The molecule has 7 heteroatoms. The second-order valence-electron chi connectivity index (χ2n) is 4.38. The van der Waals surface area contributed by atoms with Crippen LogP contribution in [0.5, 0.6) is 5.75 Å². The Balaban J connectivity index is 2.58. The SMILES string of the molecule is CC(Cc1c(O)ccc2ccc(=O)oc12)P(=O)(O)O. The number of hydrogen-bond donors (Lipinski definition) is 3. The molecule has 0 saturated heterocycles. The van der Waals surface area contributed by atoms with Crippen LogP contribution in [0.1, 0.15) is 12.5 Å². The van der Waals surface area contributed by atoms with Crippen LogP contribution in [0.3, 0.4) is 0 Å². The zero-order chi connectivity index (χ0) is 14.2. The number of rotatable bonds is 3. The zero-order valence-corrected chi connectivity index (χ0v) is 11.0. The molecule has 1 heterocycles. The molecule has 1 atom stereocenters. The van der Waals surface area contributed by atoms with Crippen molar-refractivity contribution in [1.29, 1.82) is 0 Å². The van der Waals surface area contributed by atoms with Crippen LogP contribution in [0, 0.1) is 0 Å². The number of fused-ring (bicyclic) bond motifs is 1. The van der Waals surface area contributed by atoms with E-state index in [0.717, 1.165) is 0 Å². The number of phenolic OH excluding ortho intramolecular Hbond substituents is 1. The molecule has 6 nitrogen and oxygen atoms in total. The van der Waals surface area contributed by atoms with E-state index in [-0.39, 0.29) is 23.3 Å². The van der Waals surface area contributed by atoms with Gasteiger partial charge in [-0.3, -0.25) is 4.57 Å². The van der Waals surface area contributed by atoms with E-state index >= 15 is 0 Å². The monoisotopic (exact) mass is 284 g/mol. The van der Waals surface area contributed by atoms with E-state index in [2.05, 4.69) is 0 Å². The predicted molar refractivity (Wildman–Crippen MR) is 69.4 cm³/mol. The Hall–Kier alpha value is -1.62. The summed E-state index contributed by atoms with van der Waals surface area (Å²) in [6.45, 7) is 1.38. The molecule has 3 N–H and O–H groups in total. The van der Waals surface area contributed by atoms with Crippen molar-refractivity contribution in [2.75, 3.05) is 0 Å². The average molecular weight is 284 g/mol. The highest BCUT2D eigenvalue weighted by Gasteiger charge is 2.26. The Kier molecular flexibility index (Phi) is 3.49. The molecule has 2 rings (SSSR count). The third-order valence-corrected chi connectivity index (χ3v) is 4.27. The summed E-state index contributed by atoms with van der Waals surface area (Å²) in [7, 11) is -4.26. The summed E-state index contributed by atoms with van der Waals surface area (Å²) < 4.78 is 16.2. The molecule has 2 aromatic rings. The Morgan fingerprint density at radius 1 is 1.26 bits per heavy atom. The molecule has 102 valence electrons.